The highest BCUT2D eigenvalue weighted by Crippen LogP contribution is 2.29. The van der Waals surface area contributed by atoms with Crippen LogP contribution in [-0.4, -0.2) is 45.8 Å². The monoisotopic (exact) mass is 528 g/mol. The van der Waals surface area contributed by atoms with Gasteiger partial charge < -0.3 is 15.0 Å². The molecule has 0 saturated carbocycles. The van der Waals surface area contributed by atoms with Crippen molar-refractivity contribution in [3.63, 3.8) is 0 Å². The molecule has 1 amide bonds. The number of nitrogens with zero attached hydrogens (tertiary/aromatic N) is 3. The zero-order chi connectivity index (χ0) is 25.8. The lowest BCUT2D eigenvalue weighted by Crippen LogP contribution is -2.42. The lowest BCUT2D eigenvalue weighted by molar-refractivity contribution is 0.0502. The Balaban J connectivity index is 1.56. The smallest absolute Gasteiger partial charge is 0.356 e. The van der Waals surface area contributed by atoms with E-state index in [1.807, 2.05) is 25.1 Å². The van der Waals surface area contributed by atoms with Crippen LogP contribution in [0.3, 0.4) is 0 Å². The maximum absolute atomic E-state index is 13.3. The Kier molecular flexibility index (Phi) is 8.34. The van der Waals surface area contributed by atoms with E-state index in [0.717, 1.165) is 11.3 Å². The van der Waals surface area contributed by atoms with Gasteiger partial charge in [-0.3, -0.25) is 9.48 Å². The van der Waals surface area contributed by atoms with Gasteiger partial charge in [0.05, 0.1) is 35.4 Å². The van der Waals surface area contributed by atoms with Gasteiger partial charge in [0.1, 0.15) is 0 Å². The van der Waals surface area contributed by atoms with Crippen molar-refractivity contribution in [1.29, 1.82) is 0 Å². The number of carbonyl (C=O) groups is 2. The largest absolute Gasteiger partial charge is 0.461 e. The van der Waals surface area contributed by atoms with Gasteiger partial charge in [0.25, 0.3) is 5.91 Å². The van der Waals surface area contributed by atoms with E-state index in [1.165, 1.54) is 5.56 Å². The molecular formula is C27H30Cl2N4O3. The summed E-state index contributed by atoms with van der Waals surface area (Å²) in [7, 11) is 0. The highest BCUT2D eigenvalue weighted by molar-refractivity contribution is 6.42. The number of hydrogen-bond donors (Lipinski definition) is 1. The Hall–Kier alpha value is -2.87. The summed E-state index contributed by atoms with van der Waals surface area (Å²) in [6, 6.07) is 15.1. The lowest BCUT2D eigenvalue weighted by atomic mass is 9.98. The number of fused-ring (bicyclic) bond motifs is 1. The summed E-state index contributed by atoms with van der Waals surface area (Å²) in [5, 5.41) is 8.97. The molecule has 190 valence electrons. The third-order valence-corrected chi connectivity index (χ3v) is 7.19. The molecule has 0 spiro atoms. The number of halogens is 2. The normalized spacial score (nSPS) is 15.9. The molecule has 9 heteroatoms. The van der Waals surface area contributed by atoms with Crippen molar-refractivity contribution >= 4 is 35.1 Å². The van der Waals surface area contributed by atoms with Gasteiger partial charge in [0.15, 0.2) is 5.69 Å². The van der Waals surface area contributed by atoms with Crippen molar-refractivity contribution < 1.29 is 14.3 Å². The van der Waals surface area contributed by atoms with Crippen molar-refractivity contribution in [2.45, 2.75) is 52.4 Å². The van der Waals surface area contributed by atoms with Gasteiger partial charge in [0.2, 0.25) is 0 Å². The molecule has 1 aromatic heterocycles. The first kappa shape index (κ1) is 26.2. The quantitative estimate of drug-likeness (QED) is 0.401. The van der Waals surface area contributed by atoms with Crippen molar-refractivity contribution in [2.24, 2.45) is 0 Å². The van der Waals surface area contributed by atoms with E-state index in [2.05, 4.69) is 24.4 Å². The fourth-order valence-electron chi connectivity index (χ4n) is 4.50. The molecular weight excluding hydrogens is 499 g/mol. The summed E-state index contributed by atoms with van der Waals surface area (Å²) >= 11 is 12.2. The second-order valence-electron chi connectivity index (χ2n) is 8.92. The van der Waals surface area contributed by atoms with Crippen LogP contribution in [-0.2, 0) is 24.2 Å². The molecule has 1 unspecified atom stereocenters. The summed E-state index contributed by atoms with van der Waals surface area (Å²) in [6.07, 6.45) is 0.537. The van der Waals surface area contributed by atoms with Gasteiger partial charge in [0, 0.05) is 36.2 Å². The van der Waals surface area contributed by atoms with E-state index in [9.17, 15) is 9.59 Å². The van der Waals surface area contributed by atoms with E-state index < -0.39 is 5.97 Å². The summed E-state index contributed by atoms with van der Waals surface area (Å²) < 4.78 is 7.09. The second kappa shape index (κ2) is 11.5. The van der Waals surface area contributed by atoms with E-state index >= 15 is 0 Å². The molecule has 7 nitrogen and oxygen atoms in total. The molecule has 0 radical (unpaired) electrons. The number of ether oxygens (including phenoxy) is 1. The van der Waals surface area contributed by atoms with Crippen LogP contribution in [0.25, 0.3) is 0 Å². The van der Waals surface area contributed by atoms with E-state index in [4.69, 9.17) is 33.0 Å². The SMILES string of the molecule is CCOC(=O)c1c2c(nn1CCNC(C)c1ccccc1)C[C@@H](C)N(C(=O)c1ccc(Cl)c(Cl)c1)C2. The first-order valence-corrected chi connectivity index (χ1v) is 12.9. The van der Waals surface area contributed by atoms with Gasteiger partial charge in [-0.2, -0.15) is 5.10 Å². The first-order valence-electron chi connectivity index (χ1n) is 12.1. The first-order chi connectivity index (χ1) is 17.3. The minimum absolute atomic E-state index is 0.103. The fourth-order valence-corrected chi connectivity index (χ4v) is 4.80. The van der Waals surface area contributed by atoms with Crippen LogP contribution in [0, 0.1) is 0 Å². The molecule has 2 aromatic carbocycles. The Morgan fingerprint density at radius 3 is 2.61 bits per heavy atom. The number of carbonyl (C=O) groups excluding carboxylic acids is 2. The molecule has 0 fully saturated rings. The molecule has 3 aromatic rings. The van der Waals surface area contributed by atoms with Crippen LogP contribution >= 0.6 is 23.2 Å². The van der Waals surface area contributed by atoms with Crippen molar-refractivity contribution in [3.05, 3.63) is 86.7 Å². The van der Waals surface area contributed by atoms with Crippen LogP contribution in [0.2, 0.25) is 10.0 Å². The Labute approximate surface area is 221 Å². The Morgan fingerprint density at radius 1 is 1.17 bits per heavy atom. The number of benzene rings is 2. The van der Waals surface area contributed by atoms with Gasteiger partial charge >= 0.3 is 5.97 Å². The Bertz CT molecular complexity index is 1250. The topological polar surface area (TPSA) is 76.5 Å². The molecule has 1 aliphatic heterocycles. The van der Waals surface area contributed by atoms with E-state index in [0.29, 0.717) is 40.8 Å². The number of rotatable bonds is 8. The molecule has 2 heterocycles. The fraction of sp³-hybridized carbons (Fsp3) is 0.370. The van der Waals surface area contributed by atoms with Gasteiger partial charge in [-0.05, 0) is 44.5 Å². The molecule has 36 heavy (non-hydrogen) atoms. The number of aromatic nitrogens is 2. The van der Waals surface area contributed by atoms with E-state index in [1.54, 1.807) is 34.7 Å². The third-order valence-electron chi connectivity index (χ3n) is 6.45. The predicted octanol–water partition coefficient (Wildman–Crippen LogP) is 5.30. The van der Waals surface area contributed by atoms with Gasteiger partial charge in [-0.15, -0.1) is 0 Å². The molecule has 1 aliphatic rings. The van der Waals surface area contributed by atoms with Crippen molar-refractivity contribution in [1.82, 2.24) is 20.0 Å². The number of nitrogens with one attached hydrogen (secondary N) is 1. The zero-order valence-corrected chi connectivity index (χ0v) is 22.1. The number of amides is 1. The predicted molar refractivity (Wildman–Crippen MR) is 141 cm³/mol. The van der Waals surface area contributed by atoms with Crippen LogP contribution in [0.4, 0.5) is 0 Å². The summed E-state index contributed by atoms with van der Waals surface area (Å²) in [6.45, 7) is 7.48. The zero-order valence-electron chi connectivity index (χ0n) is 20.6. The third kappa shape index (κ3) is 5.59. The lowest BCUT2D eigenvalue weighted by Gasteiger charge is -2.33. The van der Waals surface area contributed by atoms with Crippen molar-refractivity contribution in [2.75, 3.05) is 13.2 Å². The van der Waals surface area contributed by atoms with Crippen LogP contribution in [0.5, 0.6) is 0 Å². The van der Waals surface area contributed by atoms with Crippen LogP contribution in [0.15, 0.2) is 48.5 Å². The van der Waals surface area contributed by atoms with Crippen LogP contribution in [0.1, 0.15) is 64.5 Å². The molecule has 0 saturated heterocycles. The summed E-state index contributed by atoms with van der Waals surface area (Å²) in [5.41, 5.74) is 3.59. The molecule has 0 bridgehead atoms. The number of hydrogen-bond acceptors (Lipinski definition) is 5. The minimum Gasteiger partial charge on any atom is -0.461 e. The average Bonchev–Trinajstić information content (AvgIpc) is 3.22. The molecule has 0 aliphatic carbocycles. The second-order valence-corrected chi connectivity index (χ2v) is 9.73. The molecule has 4 rings (SSSR count). The highest BCUT2D eigenvalue weighted by Gasteiger charge is 2.34. The highest BCUT2D eigenvalue weighted by atomic mass is 35.5. The maximum Gasteiger partial charge on any atom is 0.356 e. The summed E-state index contributed by atoms with van der Waals surface area (Å²) in [4.78, 5) is 28.1. The minimum atomic E-state index is -0.432. The Morgan fingerprint density at radius 2 is 1.92 bits per heavy atom. The number of esters is 1. The van der Waals surface area contributed by atoms with Gasteiger partial charge in [-0.25, -0.2) is 4.79 Å². The van der Waals surface area contributed by atoms with Crippen molar-refractivity contribution in [3.8, 4) is 0 Å². The van der Waals surface area contributed by atoms with Gasteiger partial charge in [-0.1, -0.05) is 53.5 Å². The van der Waals surface area contributed by atoms with Crippen LogP contribution < -0.4 is 5.32 Å². The van der Waals surface area contributed by atoms with E-state index in [-0.39, 0.29) is 31.1 Å². The summed E-state index contributed by atoms with van der Waals surface area (Å²) in [5.74, 6) is -0.605. The standard InChI is InChI=1S/C27H30Cl2N4O3/c1-4-36-27(35)25-21-16-32(26(34)20-10-11-22(28)23(29)15-20)17(2)14-24(21)31-33(25)13-12-30-18(3)19-8-6-5-7-9-19/h5-11,15,17-18,30H,4,12-14,16H2,1-3H3/t17-,18?/m1/s1. The maximum atomic E-state index is 13.3. The molecule has 2 atom stereocenters. The average molecular weight is 529 g/mol. The molecule has 1 N–H and O–H groups in total.